The monoisotopic (exact) mass is 519 g/mol. The molecule has 1 N–H and O–H groups in total. The molecule has 0 saturated heterocycles. The van der Waals surface area contributed by atoms with E-state index in [-0.39, 0.29) is 10.0 Å². The Balaban J connectivity index is 1.85. The van der Waals surface area contributed by atoms with Gasteiger partial charge in [0.1, 0.15) is 0 Å². The fraction of sp³-hybridized carbons (Fsp3) is 0.105. The molecule has 0 saturated carbocycles. The summed E-state index contributed by atoms with van der Waals surface area (Å²) >= 11 is 3.13. The lowest BCUT2D eigenvalue weighted by atomic mass is 9.97. The predicted molar refractivity (Wildman–Crippen MR) is 104 cm³/mol. The molecule has 0 bridgehead atoms. The van der Waals surface area contributed by atoms with Crippen LogP contribution in [0.2, 0.25) is 0 Å². The van der Waals surface area contributed by atoms with Gasteiger partial charge in [-0.1, -0.05) is 15.9 Å². The summed E-state index contributed by atoms with van der Waals surface area (Å²) in [6.07, 6.45) is -0.690. The number of alkyl halides is 3. The molecule has 1 unspecified atom stereocenters. The third kappa shape index (κ3) is 3.74. The summed E-state index contributed by atoms with van der Waals surface area (Å²) in [5.41, 5.74) is -0.121. The zero-order chi connectivity index (χ0) is 22.6. The van der Waals surface area contributed by atoms with Crippen LogP contribution in [0.4, 0.5) is 22.0 Å². The number of H-pyrrole nitrogens is 1. The number of hydrogen-bond acceptors (Lipinski definition) is 3. The first-order valence-corrected chi connectivity index (χ1v) is 10.8. The van der Waals surface area contributed by atoms with Crippen LogP contribution in [0.1, 0.15) is 28.4 Å². The van der Waals surface area contributed by atoms with E-state index in [1.54, 1.807) is 0 Å². The van der Waals surface area contributed by atoms with E-state index in [0.29, 0.717) is 23.4 Å². The molecule has 1 aliphatic rings. The van der Waals surface area contributed by atoms with Gasteiger partial charge < -0.3 is 0 Å². The van der Waals surface area contributed by atoms with E-state index in [9.17, 15) is 30.4 Å². The molecule has 2 heterocycles. The number of fused-ring (bicyclic) bond motifs is 1. The lowest BCUT2D eigenvalue weighted by Crippen LogP contribution is -2.33. The van der Waals surface area contributed by atoms with Gasteiger partial charge in [0, 0.05) is 16.2 Å². The standard InChI is InChI=1S/C19H11BrF5N3O2S/c20-14-8-16(22)15(21)7-12(14)18-13-9-26-27-17(13)5-6-28(18)31(29,30)11-3-1-10(2-4-11)19(23,24)25/h1-9,18H,(H,26,27). The highest BCUT2D eigenvalue weighted by molar-refractivity contribution is 9.10. The van der Waals surface area contributed by atoms with Gasteiger partial charge in [0.25, 0.3) is 10.0 Å². The van der Waals surface area contributed by atoms with Crippen molar-refractivity contribution in [3.63, 3.8) is 0 Å². The van der Waals surface area contributed by atoms with Gasteiger partial charge in [-0.2, -0.15) is 18.3 Å². The van der Waals surface area contributed by atoms with Crippen molar-refractivity contribution in [3.8, 4) is 0 Å². The van der Waals surface area contributed by atoms with E-state index in [1.165, 1.54) is 18.5 Å². The molecule has 2 aromatic carbocycles. The third-order valence-electron chi connectivity index (χ3n) is 4.73. The smallest absolute Gasteiger partial charge is 0.278 e. The maximum atomic E-state index is 14.0. The summed E-state index contributed by atoms with van der Waals surface area (Å²) in [6.45, 7) is 0. The van der Waals surface area contributed by atoms with Gasteiger partial charge in [-0.25, -0.2) is 17.2 Å². The Kier molecular flexibility index (Phi) is 5.16. The minimum absolute atomic E-state index is 0.0846. The number of sulfonamides is 1. The van der Waals surface area contributed by atoms with Crippen LogP contribution >= 0.6 is 15.9 Å². The molecule has 0 radical (unpaired) electrons. The third-order valence-corrected chi connectivity index (χ3v) is 7.17. The van der Waals surface area contributed by atoms with Crippen molar-refractivity contribution in [1.29, 1.82) is 0 Å². The zero-order valence-corrected chi connectivity index (χ0v) is 17.6. The van der Waals surface area contributed by atoms with Crippen molar-refractivity contribution in [3.05, 3.63) is 87.3 Å². The topological polar surface area (TPSA) is 66.1 Å². The van der Waals surface area contributed by atoms with Crippen LogP contribution in [0.15, 0.2) is 58.2 Å². The fourth-order valence-corrected chi connectivity index (χ4v) is 5.22. The van der Waals surface area contributed by atoms with Crippen molar-refractivity contribution in [2.75, 3.05) is 0 Å². The Morgan fingerprint density at radius 3 is 2.32 bits per heavy atom. The largest absolute Gasteiger partial charge is 0.416 e. The van der Waals surface area contributed by atoms with E-state index in [4.69, 9.17) is 0 Å². The SMILES string of the molecule is O=S(=O)(c1ccc(C(F)(F)F)cc1)N1C=Cc2[nH]ncc2C1c1cc(F)c(F)cc1Br. The number of hydrogen-bond donors (Lipinski definition) is 1. The maximum Gasteiger partial charge on any atom is 0.416 e. The Morgan fingerprint density at radius 2 is 1.68 bits per heavy atom. The number of nitrogens with one attached hydrogen (secondary N) is 1. The Bertz CT molecular complexity index is 1290. The van der Waals surface area contributed by atoms with Gasteiger partial charge in [-0.05, 0) is 48.0 Å². The number of nitrogens with zero attached hydrogens (tertiary/aromatic N) is 2. The number of aromatic amines is 1. The Hall–Kier alpha value is -2.73. The summed E-state index contributed by atoms with van der Waals surface area (Å²) in [4.78, 5) is -0.402. The lowest BCUT2D eigenvalue weighted by molar-refractivity contribution is -0.137. The number of benzene rings is 2. The van der Waals surface area contributed by atoms with E-state index in [1.807, 2.05) is 0 Å². The van der Waals surface area contributed by atoms with Gasteiger partial charge in [0.2, 0.25) is 0 Å². The van der Waals surface area contributed by atoms with Crippen molar-refractivity contribution in [1.82, 2.24) is 14.5 Å². The van der Waals surface area contributed by atoms with Gasteiger partial charge in [0.05, 0.1) is 28.4 Å². The molecule has 5 nitrogen and oxygen atoms in total. The highest BCUT2D eigenvalue weighted by Crippen LogP contribution is 2.42. The van der Waals surface area contributed by atoms with E-state index in [0.717, 1.165) is 28.6 Å². The van der Waals surface area contributed by atoms with Gasteiger partial charge in [-0.15, -0.1) is 0 Å². The average Bonchev–Trinajstić information content (AvgIpc) is 3.18. The fourth-order valence-electron chi connectivity index (χ4n) is 3.24. The molecule has 3 aromatic rings. The first-order chi connectivity index (χ1) is 14.5. The predicted octanol–water partition coefficient (Wildman–Crippen LogP) is 5.23. The summed E-state index contributed by atoms with van der Waals surface area (Å²) in [5, 5.41) is 6.54. The summed E-state index contributed by atoms with van der Waals surface area (Å²) in [5.74, 6) is -2.32. The van der Waals surface area contributed by atoms with Crippen molar-refractivity contribution >= 4 is 32.0 Å². The molecule has 1 aromatic heterocycles. The Morgan fingerprint density at radius 1 is 1.03 bits per heavy atom. The Labute approximate surface area is 181 Å². The van der Waals surface area contributed by atoms with E-state index >= 15 is 0 Å². The molecule has 0 spiro atoms. The van der Waals surface area contributed by atoms with Crippen LogP contribution in [-0.2, 0) is 16.2 Å². The number of halogens is 6. The summed E-state index contributed by atoms with van der Waals surface area (Å²) < 4.78 is 93.8. The lowest BCUT2D eigenvalue weighted by Gasteiger charge is -2.33. The highest BCUT2D eigenvalue weighted by Gasteiger charge is 2.37. The zero-order valence-electron chi connectivity index (χ0n) is 15.2. The second kappa shape index (κ2) is 7.45. The molecule has 162 valence electrons. The molecule has 1 aliphatic heterocycles. The van der Waals surface area contributed by atoms with Crippen LogP contribution in [-0.4, -0.2) is 22.9 Å². The van der Waals surface area contributed by atoms with Crippen LogP contribution in [0.25, 0.3) is 6.08 Å². The summed E-state index contributed by atoms with van der Waals surface area (Å²) in [7, 11) is -4.38. The number of aromatic nitrogens is 2. The minimum atomic E-state index is -4.63. The average molecular weight is 520 g/mol. The molecule has 0 amide bonds. The minimum Gasteiger partial charge on any atom is -0.278 e. The first-order valence-electron chi connectivity index (χ1n) is 8.57. The molecule has 0 aliphatic carbocycles. The normalized spacial score (nSPS) is 16.5. The molecule has 1 atom stereocenters. The maximum absolute atomic E-state index is 14.0. The molecule has 4 rings (SSSR count). The first kappa shape index (κ1) is 21.5. The van der Waals surface area contributed by atoms with Crippen molar-refractivity contribution in [2.45, 2.75) is 17.1 Å². The van der Waals surface area contributed by atoms with Gasteiger partial charge >= 0.3 is 6.18 Å². The van der Waals surface area contributed by atoms with Gasteiger partial charge in [0.15, 0.2) is 11.6 Å². The van der Waals surface area contributed by atoms with Crippen LogP contribution in [0, 0.1) is 11.6 Å². The van der Waals surface area contributed by atoms with Gasteiger partial charge in [-0.3, -0.25) is 9.40 Å². The van der Waals surface area contributed by atoms with Crippen molar-refractivity contribution < 1.29 is 30.4 Å². The quantitative estimate of drug-likeness (QED) is 0.380. The van der Waals surface area contributed by atoms with Crippen LogP contribution in [0.5, 0.6) is 0 Å². The van der Waals surface area contributed by atoms with Crippen LogP contribution < -0.4 is 0 Å². The van der Waals surface area contributed by atoms with Crippen molar-refractivity contribution in [2.24, 2.45) is 0 Å². The molecule has 0 fully saturated rings. The summed E-state index contributed by atoms with van der Waals surface area (Å²) in [6, 6.07) is 3.57. The molecule has 31 heavy (non-hydrogen) atoms. The van der Waals surface area contributed by atoms with E-state index < -0.39 is 44.3 Å². The van der Waals surface area contributed by atoms with Crippen LogP contribution in [0.3, 0.4) is 0 Å². The highest BCUT2D eigenvalue weighted by atomic mass is 79.9. The number of rotatable bonds is 3. The second-order valence-corrected chi connectivity index (χ2v) is 9.30. The molecule has 12 heteroatoms. The molecular formula is C19H11BrF5N3O2S. The second-order valence-electron chi connectivity index (χ2n) is 6.60. The molecular weight excluding hydrogens is 509 g/mol. The van der Waals surface area contributed by atoms with E-state index in [2.05, 4.69) is 26.1 Å².